The van der Waals surface area contributed by atoms with Gasteiger partial charge in [0, 0.05) is 5.02 Å². The molecular weight excluding hydrogens is 252 g/mol. The van der Waals surface area contributed by atoms with Gasteiger partial charge in [-0.05, 0) is 30.3 Å². The van der Waals surface area contributed by atoms with Gasteiger partial charge in [-0.15, -0.1) is 0 Å². The van der Waals surface area contributed by atoms with E-state index in [-0.39, 0.29) is 0 Å². The molecule has 0 radical (unpaired) electrons. The molecule has 0 unspecified atom stereocenters. The predicted octanol–water partition coefficient (Wildman–Crippen LogP) is 2.81. The Kier molecular flexibility index (Phi) is 3.39. The molecule has 0 aliphatic carbocycles. The van der Waals surface area contributed by atoms with Gasteiger partial charge in [0.15, 0.2) is 0 Å². The molecule has 4 N–H and O–H groups in total. The second-order valence-corrected chi connectivity index (χ2v) is 4.08. The number of carbonyl (C=O) groups excluding carboxylic acids is 1. The fourth-order valence-corrected chi connectivity index (χ4v) is 1.67. The minimum absolute atomic E-state index is 0.298. The highest BCUT2D eigenvalue weighted by Crippen LogP contribution is 2.31. The lowest BCUT2D eigenvalue weighted by Crippen LogP contribution is -2.12. The van der Waals surface area contributed by atoms with E-state index in [0.29, 0.717) is 27.8 Å². The maximum Gasteiger partial charge on any atom is 0.252 e. The quantitative estimate of drug-likeness (QED) is 0.835. The van der Waals surface area contributed by atoms with Crippen LogP contribution >= 0.6 is 11.6 Å². The maximum absolute atomic E-state index is 11.2. The molecule has 0 aliphatic heterocycles. The summed E-state index contributed by atoms with van der Waals surface area (Å²) in [6.07, 6.45) is 0. The van der Waals surface area contributed by atoms with Gasteiger partial charge in [0.1, 0.15) is 11.5 Å². The first-order valence-corrected chi connectivity index (χ1v) is 5.57. The number of hydrogen-bond acceptors (Lipinski definition) is 3. The third-order valence-corrected chi connectivity index (χ3v) is 2.58. The highest BCUT2D eigenvalue weighted by atomic mass is 35.5. The molecule has 5 heteroatoms. The Morgan fingerprint density at radius 2 is 1.83 bits per heavy atom. The van der Waals surface area contributed by atoms with Crippen LogP contribution in [0.1, 0.15) is 10.4 Å². The van der Waals surface area contributed by atoms with Gasteiger partial charge in [-0.1, -0.05) is 23.7 Å². The normalized spacial score (nSPS) is 10.1. The van der Waals surface area contributed by atoms with Crippen LogP contribution in [-0.2, 0) is 0 Å². The highest BCUT2D eigenvalue weighted by Gasteiger charge is 2.10. The minimum Gasteiger partial charge on any atom is -0.454 e. The molecule has 0 atom stereocenters. The Morgan fingerprint density at radius 3 is 2.50 bits per heavy atom. The zero-order valence-electron chi connectivity index (χ0n) is 9.39. The van der Waals surface area contributed by atoms with Crippen LogP contribution in [0.4, 0.5) is 5.69 Å². The molecule has 2 aromatic rings. The molecule has 1 amide bonds. The highest BCUT2D eigenvalue weighted by molar-refractivity contribution is 6.30. The number of amides is 1. The third-order valence-electron chi connectivity index (χ3n) is 2.34. The number of rotatable bonds is 3. The lowest BCUT2D eigenvalue weighted by molar-refractivity contribution is 0.0998. The number of nitrogens with two attached hydrogens (primary N) is 2. The van der Waals surface area contributed by atoms with Gasteiger partial charge in [0.2, 0.25) is 0 Å². The minimum atomic E-state index is -0.557. The van der Waals surface area contributed by atoms with Gasteiger partial charge >= 0.3 is 0 Å². The number of primary amides is 1. The van der Waals surface area contributed by atoms with E-state index < -0.39 is 5.91 Å². The fraction of sp³-hybridized carbons (Fsp3) is 0. The molecule has 18 heavy (non-hydrogen) atoms. The number of nitrogen functional groups attached to an aromatic ring is 1. The molecule has 2 aromatic carbocycles. The van der Waals surface area contributed by atoms with Crippen molar-refractivity contribution >= 4 is 23.2 Å². The average Bonchev–Trinajstić information content (AvgIpc) is 2.33. The second-order valence-electron chi connectivity index (χ2n) is 3.64. The van der Waals surface area contributed by atoms with Crippen molar-refractivity contribution in [1.29, 1.82) is 0 Å². The Labute approximate surface area is 109 Å². The Bertz CT molecular complexity index is 599. The van der Waals surface area contributed by atoms with Crippen LogP contribution in [-0.4, -0.2) is 5.91 Å². The molecule has 0 heterocycles. The molecule has 0 spiro atoms. The molecule has 4 nitrogen and oxygen atoms in total. The third kappa shape index (κ3) is 2.55. The summed E-state index contributed by atoms with van der Waals surface area (Å²) < 4.78 is 5.57. The summed E-state index contributed by atoms with van der Waals surface area (Å²) in [6.45, 7) is 0. The number of anilines is 1. The molecule has 0 saturated carbocycles. The van der Waals surface area contributed by atoms with E-state index in [0.717, 1.165) is 0 Å². The average molecular weight is 263 g/mol. The van der Waals surface area contributed by atoms with Crippen molar-refractivity contribution in [2.24, 2.45) is 5.73 Å². The van der Waals surface area contributed by atoms with Gasteiger partial charge in [-0.25, -0.2) is 0 Å². The molecule has 2 rings (SSSR count). The smallest absolute Gasteiger partial charge is 0.252 e. The van der Waals surface area contributed by atoms with E-state index in [4.69, 9.17) is 27.8 Å². The lowest BCUT2D eigenvalue weighted by Gasteiger charge is -2.11. The SMILES string of the molecule is NC(=O)c1ccccc1Oc1ccc(Cl)cc1N. The number of halogens is 1. The molecule has 0 saturated heterocycles. The first-order valence-electron chi connectivity index (χ1n) is 5.19. The first-order chi connectivity index (χ1) is 8.58. The standard InChI is InChI=1S/C13H11ClN2O2/c14-8-5-6-12(10(15)7-8)18-11-4-2-1-3-9(11)13(16)17/h1-7H,15H2,(H2,16,17). The van der Waals surface area contributed by atoms with E-state index in [1.165, 1.54) is 0 Å². The molecule has 0 fully saturated rings. The zero-order valence-corrected chi connectivity index (χ0v) is 10.1. The molecule has 0 bridgehead atoms. The summed E-state index contributed by atoms with van der Waals surface area (Å²) in [5.74, 6) is 0.227. The van der Waals surface area contributed by atoms with Gasteiger partial charge in [0.25, 0.3) is 5.91 Å². The van der Waals surface area contributed by atoms with Crippen LogP contribution in [0.2, 0.25) is 5.02 Å². The van der Waals surface area contributed by atoms with Crippen LogP contribution in [0.5, 0.6) is 11.5 Å². The van der Waals surface area contributed by atoms with Crippen LogP contribution in [0, 0.1) is 0 Å². The largest absolute Gasteiger partial charge is 0.454 e. The monoisotopic (exact) mass is 262 g/mol. The number of hydrogen-bond donors (Lipinski definition) is 2. The summed E-state index contributed by atoms with van der Waals surface area (Å²) in [5, 5.41) is 0.517. The van der Waals surface area contributed by atoms with Crippen LogP contribution < -0.4 is 16.2 Å². The van der Waals surface area contributed by atoms with Crippen molar-refractivity contribution in [3.05, 3.63) is 53.1 Å². The van der Waals surface area contributed by atoms with Gasteiger partial charge in [-0.3, -0.25) is 4.79 Å². The topological polar surface area (TPSA) is 78.3 Å². The van der Waals surface area contributed by atoms with E-state index >= 15 is 0 Å². The lowest BCUT2D eigenvalue weighted by atomic mass is 10.2. The first kappa shape index (κ1) is 12.3. The van der Waals surface area contributed by atoms with Gasteiger partial charge in [-0.2, -0.15) is 0 Å². The van der Waals surface area contributed by atoms with E-state index in [1.807, 2.05) is 0 Å². The van der Waals surface area contributed by atoms with E-state index in [2.05, 4.69) is 0 Å². The summed E-state index contributed by atoms with van der Waals surface area (Å²) in [4.78, 5) is 11.2. The number of benzene rings is 2. The van der Waals surface area contributed by atoms with E-state index in [1.54, 1.807) is 42.5 Å². The maximum atomic E-state index is 11.2. The second kappa shape index (κ2) is 4.98. The van der Waals surface area contributed by atoms with Crippen LogP contribution in [0.25, 0.3) is 0 Å². The van der Waals surface area contributed by atoms with Crippen molar-refractivity contribution in [2.45, 2.75) is 0 Å². The predicted molar refractivity (Wildman–Crippen MR) is 70.9 cm³/mol. The van der Waals surface area contributed by atoms with Gasteiger partial charge in [0.05, 0.1) is 11.3 Å². The molecule has 0 aliphatic rings. The molecular formula is C13H11ClN2O2. The Balaban J connectivity index is 2.37. The Morgan fingerprint density at radius 1 is 1.11 bits per heavy atom. The number of carbonyl (C=O) groups is 1. The fourth-order valence-electron chi connectivity index (χ4n) is 1.49. The van der Waals surface area contributed by atoms with Crippen molar-refractivity contribution in [3.63, 3.8) is 0 Å². The van der Waals surface area contributed by atoms with Gasteiger partial charge < -0.3 is 16.2 Å². The van der Waals surface area contributed by atoms with Crippen molar-refractivity contribution in [2.75, 3.05) is 5.73 Å². The molecule has 0 aromatic heterocycles. The van der Waals surface area contributed by atoms with Crippen molar-refractivity contribution < 1.29 is 9.53 Å². The van der Waals surface area contributed by atoms with Crippen molar-refractivity contribution in [3.8, 4) is 11.5 Å². The summed E-state index contributed by atoms with van der Waals surface area (Å²) in [5.41, 5.74) is 11.7. The Hall–Kier alpha value is -2.20. The van der Waals surface area contributed by atoms with Crippen molar-refractivity contribution in [1.82, 2.24) is 0 Å². The zero-order chi connectivity index (χ0) is 13.1. The van der Waals surface area contributed by atoms with Crippen LogP contribution in [0.15, 0.2) is 42.5 Å². The summed E-state index contributed by atoms with van der Waals surface area (Å²) in [6, 6.07) is 11.5. The summed E-state index contributed by atoms with van der Waals surface area (Å²) >= 11 is 5.79. The summed E-state index contributed by atoms with van der Waals surface area (Å²) in [7, 11) is 0. The number of para-hydroxylation sites is 1. The van der Waals surface area contributed by atoms with Crippen LogP contribution in [0.3, 0.4) is 0 Å². The molecule has 92 valence electrons. The number of ether oxygens (including phenoxy) is 1. The van der Waals surface area contributed by atoms with E-state index in [9.17, 15) is 4.79 Å².